The summed E-state index contributed by atoms with van der Waals surface area (Å²) in [4.78, 5) is 8.65. The van der Waals surface area contributed by atoms with Crippen molar-refractivity contribution in [3.8, 4) is 17.1 Å². The van der Waals surface area contributed by atoms with Crippen molar-refractivity contribution in [2.45, 2.75) is 13.5 Å². The van der Waals surface area contributed by atoms with E-state index in [0.717, 1.165) is 17.0 Å². The Morgan fingerprint density at radius 3 is 2.53 bits per heavy atom. The number of hydrogen-bond acceptors (Lipinski definition) is 4. The fourth-order valence-corrected chi connectivity index (χ4v) is 1.56. The zero-order valence-corrected chi connectivity index (χ0v) is 9.97. The van der Waals surface area contributed by atoms with Crippen molar-refractivity contribution in [1.29, 1.82) is 0 Å². The molecule has 1 heterocycles. The highest BCUT2D eigenvalue weighted by molar-refractivity contribution is 5.64. The lowest BCUT2D eigenvalue weighted by Crippen LogP contribution is -2.03. The van der Waals surface area contributed by atoms with E-state index in [0.29, 0.717) is 12.4 Å². The van der Waals surface area contributed by atoms with Gasteiger partial charge in [0.25, 0.3) is 0 Å². The Morgan fingerprint density at radius 1 is 1.24 bits per heavy atom. The van der Waals surface area contributed by atoms with E-state index in [4.69, 9.17) is 10.5 Å². The number of benzene rings is 1. The van der Waals surface area contributed by atoms with Gasteiger partial charge in [-0.3, -0.25) is 0 Å². The lowest BCUT2D eigenvalue weighted by Gasteiger charge is -2.08. The highest BCUT2D eigenvalue weighted by Gasteiger charge is 2.09. The molecule has 1 aromatic heterocycles. The summed E-state index contributed by atoms with van der Waals surface area (Å²) in [5, 5.41) is 0. The zero-order chi connectivity index (χ0) is 12.3. The molecule has 0 radical (unpaired) electrons. The average molecular weight is 229 g/mol. The minimum absolute atomic E-state index is 0.371. The van der Waals surface area contributed by atoms with Crippen LogP contribution < -0.4 is 10.5 Å². The smallest absolute Gasteiger partial charge is 0.240 e. The molecule has 0 saturated carbocycles. The maximum Gasteiger partial charge on any atom is 0.240 e. The summed E-state index contributed by atoms with van der Waals surface area (Å²) in [7, 11) is 1.59. The number of aryl methyl sites for hydroxylation is 1. The minimum Gasteiger partial charge on any atom is -0.479 e. The van der Waals surface area contributed by atoms with Gasteiger partial charge in [0.05, 0.1) is 19.0 Å². The van der Waals surface area contributed by atoms with E-state index in [2.05, 4.69) is 9.97 Å². The Kier molecular flexibility index (Phi) is 3.35. The van der Waals surface area contributed by atoms with E-state index in [1.807, 2.05) is 31.2 Å². The number of methoxy groups -OCH3 is 1. The second kappa shape index (κ2) is 4.93. The van der Waals surface area contributed by atoms with Crippen LogP contribution >= 0.6 is 0 Å². The molecule has 0 bridgehead atoms. The van der Waals surface area contributed by atoms with Crippen LogP contribution in [-0.2, 0) is 6.54 Å². The van der Waals surface area contributed by atoms with Crippen LogP contribution in [0.15, 0.2) is 30.5 Å². The van der Waals surface area contributed by atoms with Gasteiger partial charge in [0.1, 0.15) is 5.69 Å². The molecule has 0 saturated heterocycles. The number of nitrogens with two attached hydrogens (primary N) is 1. The maximum atomic E-state index is 5.57. The Hall–Kier alpha value is -1.94. The van der Waals surface area contributed by atoms with E-state index in [-0.39, 0.29) is 0 Å². The molecule has 2 N–H and O–H groups in total. The third-order valence-corrected chi connectivity index (χ3v) is 2.52. The molecular formula is C13H15N3O. The predicted molar refractivity (Wildman–Crippen MR) is 66.6 cm³/mol. The fraction of sp³-hybridized carbons (Fsp3) is 0.231. The molecule has 0 spiro atoms. The van der Waals surface area contributed by atoms with Crippen LogP contribution in [0.4, 0.5) is 0 Å². The summed E-state index contributed by atoms with van der Waals surface area (Å²) in [5.41, 5.74) is 9.24. The Bertz CT molecular complexity index is 509. The Labute approximate surface area is 100 Å². The number of nitrogens with zero attached hydrogens (tertiary/aromatic N) is 2. The van der Waals surface area contributed by atoms with Crippen LogP contribution in [0.2, 0.25) is 0 Å². The molecule has 0 unspecified atom stereocenters. The Balaban J connectivity index is 2.51. The van der Waals surface area contributed by atoms with Gasteiger partial charge in [-0.25, -0.2) is 9.97 Å². The molecule has 0 amide bonds. The summed E-state index contributed by atoms with van der Waals surface area (Å²) in [6.07, 6.45) is 1.64. The van der Waals surface area contributed by atoms with Crippen LogP contribution in [-0.4, -0.2) is 17.1 Å². The van der Waals surface area contributed by atoms with Crippen molar-refractivity contribution in [3.63, 3.8) is 0 Å². The molecule has 0 atom stereocenters. The highest BCUT2D eigenvalue weighted by atomic mass is 16.5. The molecule has 88 valence electrons. The topological polar surface area (TPSA) is 61.0 Å². The monoisotopic (exact) mass is 229 g/mol. The van der Waals surface area contributed by atoms with Gasteiger partial charge in [0.15, 0.2) is 0 Å². The van der Waals surface area contributed by atoms with Gasteiger partial charge in [-0.1, -0.05) is 29.8 Å². The molecular weight excluding hydrogens is 214 g/mol. The standard InChI is InChI=1S/C13H15N3O/c1-9-3-5-10(6-4-9)12-13(17-2)15-8-11(7-14)16-12/h3-6,8H,7,14H2,1-2H3. The lowest BCUT2D eigenvalue weighted by molar-refractivity contribution is 0.397. The van der Waals surface area contributed by atoms with Crippen molar-refractivity contribution in [2.75, 3.05) is 7.11 Å². The quantitative estimate of drug-likeness (QED) is 0.873. The summed E-state index contributed by atoms with van der Waals surface area (Å²) in [6.45, 7) is 2.42. The predicted octanol–water partition coefficient (Wildman–Crippen LogP) is 1.92. The number of hydrogen-bond donors (Lipinski definition) is 1. The van der Waals surface area contributed by atoms with Crippen LogP contribution in [0.5, 0.6) is 5.88 Å². The molecule has 0 aliphatic rings. The van der Waals surface area contributed by atoms with Gasteiger partial charge in [0.2, 0.25) is 5.88 Å². The molecule has 17 heavy (non-hydrogen) atoms. The largest absolute Gasteiger partial charge is 0.479 e. The molecule has 0 fully saturated rings. The van der Waals surface area contributed by atoms with Crippen LogP contribution in [0.1, 0.15) is 11.3 Å². The van der Waals surface area contributed by atoms with Gasteiger partial charge in [-0.15, -0.1) is 0 Å². The normalized spacial score (nSPS) is 10.3. The molecule has 0 aliphatic carbocycles. The zero-order valence-electron chi connectivity index (χ0n) is 9.97. The van der Waals surface area contributed by atoms with Crippen LogP contribution in [0.3, 0.4) is 0 Å². The van der Waals surface area contributed by atoms with Crippen LogP contribution in [0.25, 0.3) is 11.3 Å². The molecule has 2 aromatic rings. The van der Waals surface area contributed by atoms with E-state index in [1.165, 1.54) is 5.56 Å². The second-order valence-corrected chi connectivity index (χ2v) is 3.79. The van der Waals surface area contributed by atoms with Crippen molar-refractivity contribution in [1.82, 2.24) is 9.97 Å². The molecule has 4 nitrogen and oxygen atoms in total. The number of aromatic nitrogens is 2. The SMILES string of the molecule is COc1ncc(CN)nc1-c1ccc(C)cc1. The average Bonchev–Trinajstić information content (AvgIpc) is 2.39. The Morgan fingerprint density at radius 2 is 1.94 bits per heavy atom. The number of rotatable bonds is 3. The second-order valence-electron chi connectivity index (χ2n) is 3.79. The van der Waals surface area contributed by atoms with E-state index in [1.54, 1.807) is 13.3 Å². The maximum absolute atomic E-state index is 5.57. The first-order valence-electron chi connectivity index (χ1n) is 5.41. The lowest BCUT2D eigenvalue weighted by atomic mass is 10.1. The molecule has 1 aromatic carbocycles. The van der Waals surface area contributed by atoms with Gasteiger partial charge >= 0.3 is 0 Å². The third-order valence-electron chi connectivity index (χ3n) is 2.52. The molecule has 4 heteroatoms. The summed E-state index contributed by atoms with van der Waals surface area (Å²) < 4.78 is 5.22. The first-order valence-corrected chi connectivity index (χ1v) is 5.41. The van der Waals surface area contributed by atoms with E-state index in [9.17, 15) is 0 Å². The van der Waals surface area contributed by atoms with E-state index >= 15 is 0 Å². The van der Waals surface area contributed by atoms with Gasteiger partial charge in [-0.2, -0.15) is 0 Å². The van der Waals surface area contributed by atoms with Gasteiger partial charge < -0.3 is 10.5 Å². The van der Waals surface area contributed by atoms with Crippen molar-refractivity contribution in [2.24, 2.45) is 5.73 Å². The summed E-state index contributed by atoms with van der Waals surface area (Å²) in [5.74, 6) is 0.519. The summed E-state index contributed by atoms with van der Waals surface area (Å²) >= 11 is 0. The van der Waals surface area contributed by atoms with E-state index < -0.39 is 0 Å². The number of ether oxygens (including phenoxy) is 1. The van der Waals surface area contributed by atoms with Crippen molar-refractivity contribution >= 4 is 0 Å². The van der Waals surface area contributed by atoms with Crippen LogP contribution in [0, 0.1) is 6.92 Å². The van der Waals surface area contributed by atoms with Gasteiger partial charge in [0, 0.05) is 12.1 Å². The first-order chi connectivity index (χ1) is 8.24. The molecule has 0 aliphatic heterocycles. The minimum atomic E-state index is 0.371. The molecule has 2 rings (SSSR count). The van der Waals surface area contributed by atoms with Crippen molar-refractivity contribution in [3.05, 3.63) is 41.7 Å². The van der Waals surface area contributed by atoms with Crippen molar-refractivity contribution < 1.29 is 4.74 Å². The van der Waals surface area contributed by atoms with Gasteiger partial charge in [-0.05, 0) is 6.92 Å². The first kappa shape index (κ1) is 11.5. The highest BCUT2D eigenvalue weighted by Crippen LogP contribution is 2.25. The third kappa shape index (κ3) is 2.42. The fourth-order valence-electron chi connectivity index (χ4n) is 1.56. The summed E-state index contributed by atoms with van der Waals surface area (Å²) in [6, 6.07) is 8.07.